The molecule has 18 heavy (non-hydrogen) atoms. The van der Waals surface area contributed by atoms with Crippen molar-refractivity contribution in [2.45, 2.75) is 6.04 Å². The standard InChI is InChI=1S/C14H15FN2O/c1-18-11-8-6-10(7-9-11)14(17-16)12-4-2-3-5-13(12)15/h2-9,14,17H,16H2,1H3. The van der Waals surface area contributed by atoms with Crippen molar-refractivity contribution in [3.8, 4) is 5.75 Å². The molecule has 1 atom stereocenters. The molecule has 0 heterocycles. The molecule has 3 N–H and O–H groups in total. The Balaban J connectivity index is 2.36. The zero-order chi connectivity index (χ0) is 13.0. The summed E-state index contributed by atoms with van der Waals surface area (Å²) in [5.74, 6) is 6.00. The van der Waals surface area contributed by atoms with Gasteiger partial charge in [-0.1, -0.05) is 30.3 Å². The van der Waals surface area contributed by atoms with Crippen LogP contribution in [0.3, 0.4) is 0 Å². The molecule has 0 radical (unpaired) electrons. The number of hydrogen-bond acceptors (Lipinski definition) is 3. The molecule has 0 amide bonds. The molecule has 0 saturated heterocycles. The van der Waals surface area contributed by atoms with Crippen LogP contribution in [0.2, 0.25) is 0 Å². The molecule has 0 aromatic heterocycles. The average Bonchev–Trinajstić information content (AvgIpc) is 2.42. The summed E-state index contributed by atoms with van der Waals surface area (Å²) in [7, 11) is 1.60. The van der Waals surface area contributed by atoms with Crippen molar-refractivity contribution in [2.24, 2.45) is 5.84 Å². The van der Waals surface area contributed by atoms with Crippen molar-refractivity contribution < 1.29 is 9.13 Å². The van der Waals surface area contributed by atoms with E-state index in [0.29, 0.717) is 5.56 Å². The predicted octanol–water partition coefficient (Wildman–Crippen LogP) is 2.39. The summed E-state index contributed by atoms with van der Waals surface area (Å²) in [6, 6.07) is 13.5. The third-order valence-electron chi connectivity index (χ3n) is 2.83. The van der Waals surface area contributed by atoms with Crippen molar-refractivity contribution in [2.75, 3.05) is 7.11 Å². The topological polar surface area (TPSA) is 47.3 Å². The second-order valence-electron chi connectivity index (χ2n) is 3.89. The number of rotatable bonds is 4. The van der Waals surface area contributed by atoms with Gasteiger partial charge in [0, 0.05) is 5.56 Å². The van der Waals surface area contributed by atoms with Gasteiger partial charge in [0.05, 0.1) is 13.2 Å². The minimum Gasteiger partial charge on any atom is -0.497 e. The maximum Gasteiger partial charge on any atom is 0.128 e. The fourth-order valence-electron chi connectivity index (χ4n) is 1.87. The van der Waals surface area contributed by atoms with Gasteiger partial charge in [-0.2, -0.15) is 0 Å². The van der Waals surface area contributed by atoms with Crippen molar-refractivity contribution in [3.05, 3.63) is 65.5 Å². The summed E-state index contributed by atoms with van der Waals surface area (Å²) < 4.78 is 18.8. The number of benzene rings is 2. The molecule has 2 aromatic carbocycles. The first-order valence-corrected chi connectivity index (χ1v) is 5.60. The Morgan fingerprint density at radius 3 is 2.33 bits per heavy atom. The van der Waals surface area contributed by atoms with Crippen LogP contribution in [0.25, 0.3) is 0 Å². The Hall–Kier alpha value is -1.91. The summed E-state index contributed by atoms with van der Waals surface area (Å²) in [6.45, 7) is 0. The van der Waals surface area contributed by atoms with E-state index in [9.17, 15) is 4.39 Å². The smallest absolute Gasteiger partial charge is 0.128 e. The van der Waals surface area contributed by atoms with Gasteiger partial charge in [-0.3, -0.25) is 5.84 Å². The van der Waals surface area contributed by atoms with Crippen LogP contribution in [0.4, 0.5) is 4.39 Å². The van der Waals surface area contributed by atoms with E-state index in [1.54, 1.807) is 25.3 Å². The Morgan fingerprint density at radius 1 is 1.11 bits per heavy atom. The van der Waals surface area contributed by atoms with E-state index in [4.69, 9.17) is 10.6 Å². The number of hydrogen-bond donors (Lipinski definition) is 2. The van der Waals surface area contributed by atoms with E-state index >= 15 is 0 Å². The molecular formula is C14H15FN2O. The molecule has 4 heteroatoms. The van der Waals surface area contributed by atoms with Gasteiger partial charge in [0.15, 0.2) is 0 Å². The van der Waals surface area contributed by atoms with Crippen LogP contribution in [-0.2, 0) is 0 Å². The van der Waals surface area contributed by atoms with Crippen LogP contribution in [0, 0.1) is 5.82 Å². The van der Waals surface area contributed by atoms with Crippen molar-refractivity contribution in [1.82, 2.24) is 5.43 Å². The fourth-order valence-corrected chi connectivity index (χ4v) is 1.87. The van der Waals surface area contributed by atoms with Crippen LogP contribution in [0.1, 0.15) is 17.2 Å². The normalized spacial score (nSPS) is 12.2. The highest BCUT2D eigenvalue weighted by Crippen LogP contribution is 2.25. The second kappa shape index (κ2) is 5.62. The summed E-state index contributed by atoms with van der Waals surface area (Å²) in [5.41, 5.74) is 4.03. The Morgan fingerprint density at radius 2 is 1.78 bits per heavy atom. The first-order valence-electron chi connectivity index (χ1n) is 5.60. The van der Waals surface area contributed by atoms with E-state index in [2.05, 4.69) is 5.43 Å². The van der Waals surface area contributed by atoms with Gasteiger partial charge in [0.2, 0.25) is 0 Å². The first-order chi connectivity index (χ1) is 8.76. The van der Waals surface area contributed by atoms with Crippen LogP contribution in [0.15, 0.2) is 48.5 Å². The molecular weight excluding hydrogens is 231 g/mol. The highest BCUT2D eigenvalue weighted by Gasteiger charge is 2.15. The molecule has 1 unspecified atom stereocenters. The van der Waals surface area contributed by atoms with Gasteiger partial charge < -0.3 is 4.74 Å². The van der Waals surface area contributed by atoms with E-state index in [1.165, 1.54) is 6.07 Å². The van der Waals surface area contributed by atoms with E-state index in [-0.39, 0.29) is 11.9 Å². The summed E-state index contributed by atoms with van der Waals surface area (Å²) in [5, 5.41) is 0. The SMILES string of the molecule is COc1ccc(C(NN)c2ccccc2F)cc1. The van der Waals surface area contributed by atoms with Crippen molar-refractivity contribution >= 4 is 0 Å². The second-order valence-corrected chi connectivity index (χ2v) is 3.89. The van der Waals surface area contributed by atoms with Gasteiger partial charge in [0.25, 0.3) is 0 Å². The highest BCUT2D eigenvalue weighted by molar-refractivity contribution is 5.35. The number of methoxy groups -OCH3 is 1. The minimum absolute atomic E-state index is 0.281. The van der Waals surface area contributed by atoms with Gasteiger partial charge in [0.1, 0.15) is 11.6 Å². The molecule has 0 bridgehead atoms. The lowest BCUT2D eigenvalue weighted by atomic mass is 9.99. The zero-order valence-electron chi connectivity index (χ0n) is 10.1. The highest BCUT2D eigenvalue weighted by atomic mass is 19.1. The Bertz CT molecular complexity index is 513. The Labute approximate surface area is 105 Å². The largest absolute Gasteiger partial charge is 0.497 e. The maximum atomic E-state index is 13.7. The molecule has 2 rings (SSSR count). The molecule has 94 valence electrons. The zero-order valence-corrected chi connectivity index (χ0v) is 10.1. The summed E-state index contributed by atoms with van der Waals surface area (Å²) in [4.78, 5) is 0. The predicted molar refractivity (Wildman–Crippen MR) is 68.6 cm³/mol. The molecule has 2 aromatic rings. The van der Waals surface area contributed by atoms with Crippen molar-refractivity contribution in [1.29, 1.82) is 0 Å². The quantitative estimate of drug-likeness (QED) is 0.643. The number of ether oxygens (including phenoxy) is 1. The monoisotopic (exact) mass is 246 g/mol. The van der Waals surface area contributed by atoms with E-state index in [1.807, 2.05) is 24.3 Å². The van der Waals surface area contributed by atoms with Crippen LogP contribution in [-0.4, -0.2) is 7.11 Å². The van der Waals surface area contributed by atoms with Gasteiger partial charge >= 0.3 is 0 Å². The minimum atomic E-state index is -0.378. The third kappa shape index (κ3) is 2.50. The summed E-state index contributed by atoms with van der Waals surface area (Å²) in [6.07, 6.45) is 0. The molecule has 0 spiro atoms. The molecule has 3 nitrogen and oxygen atoms in total. The summed E-state index contributed by atoms with van der Waals surface area (Å²) >= 11 is 0. The lowest BCUT2D eigenvalue weighted by molar-refractivity contribution is 0.414. The molecule has 0 fully saturated rings. The van der Waals surface area contributed by atoms with Crippen LogP contribution < -0.4 is 16.0 Å². The number of hydrazine groups is 1. The van der Waals surface area contributed by atoms with Gasteiger partial charge in [-0.05, 0) is 23.8 Å². The molecule has 0 aliphatic carbocycles. The average molecular weight is 246 g/mol. The van der Waals surface area contributed by atoms with Gasteiger partial charge in [-0.15, -0.1) is 0 Å². The van der Waals surface area contributed by atoms with Gasteiger partial charge in [-0.25, -0.2) is 9.82 Å². The van der Waals surface area contributed by atoms with Crippen LogP contribution in [0.5, 0.6) is 5.75 Å². The number of nitrogens with two attached hydrogens (primary N) is 1. The third-order valence-corrected chi connectivity index (χ3v) is 2.83. The Kier molecular flexibility index (Phi) is 3.92. The van der Waals surface area contributed by atoms with Crippen LogP contribution >= 0.6 is 0 Å². The lowest BCUT2D eigenvalue weighted by Gasteiger charge is -2.17. The molecule has 0 aliphatic heterocycles. The molecule has 0 saturated carbocycles. The molecule has 0 aliphatic rings. The first kappa shape index (κ1) is 12.5. The number of halogens is 1. The van der Waals surface area contributed by atoms with E-state index < -0.39 is 0 Å². The van der Waals surface area contributed by atoms with Crippen molar-refractivity contribution in [3.63, 3.8) is 0 Å². The van der Waals surface area contributed by atoms with E-state index in [0.717, 1.165) is 11.3 Å². The fraction of sp³-hybridized carbons (Fsp3) is 0.143. The number of nitrogens with one attached hydrogen (secondary N) is 1. The lowest BCUT2D eigenvalue weighted by Crippen LogP contribution is -2.29. The maximum absolute atomic E-state index is 13.7.